The first kappa shape index (κ1) is 21.5. The maximum Gasteiger partial charge on any atom is 0.262 e. The predicted molar refractivity (Wildman–Crippen MR) is 121 cm³/mol. The number of hydrogen-bond donors (Lipinski definition) is 1. The van der Waals surface area contributed by atoms with Gasteiger partial charge in [-0.25, -0.2) is 0 Å². The van der Waals surface area contributed by atoms with Crippen molar-refractivity contribution in [1.29, 1.82) is 0 Å². The van der Waals surface area contributed by atoms with Crippen LogP contribution in [0.25, 0.3) is 0 Å². The van der Waals surface area contributed by atoms with Gasteiger partial charge in [-0.3, -0.25) is 4.79 Å². The average Bonchev–Trinajstić information content (AvgIpc) is 2.67. The summed E-state index contributed by atoms with van der Waals surface area (Å²) >= 11 is 6.50. The molecule has 0 unspecified atom stereocenters. The highest BCUT2D eigenvalue weighted by molar-refractivity contribution is 6.33. The number of nitrogens with one attached hydrogen (secondary N) is 1. The summed E-state index contributed by atoms with van der Waals surface area (Å²) in [6, 6.07) is 11.8. The van der Waals surface area contributed by atoms with E-state index in [0.717, 1.165) is 41.6 Å². The lowest BCUT2D eigenvalue weighted by molar-refractivity contribution is -0.118. The fraction of sp³-hybridized carbons (Fsp3) is 0.458. The van der Waals surface area contributed by atoms with Gasteiger partial charge in [0.1, 0.15) is 5.75 Å². The molecule has 2 aromatic rings. The molecular formula is C24H31ClN2O2. The minimum absolute atomic E-state index is 0.0352. The maximum absolute atomic E-state index is 12.4. The smallest absolute Gasteiger partial charge is 0.262 e. The number of aryl methyl sites for hydroxylation is 1. The van der Waals surface area contributed by atoms with Gasteiger partial charge in [-0.1, -0.05) is 44.5 Å². The number of anilines is 2. The number of amides is 1. The molecule has 2 aromatic carbocycles. The molecule has 0 aromatic heterocycles. The molecule has 1 aliphatic heterocycles. The number of carbonyl (C=O) groups excluding carboxylic acids is 1. The second-order valence-corrected chi connectivity index (χ2v) is 8.78. The quantitative estimate of drug-likeness (QED) is 0.627. The van der Waals surface area contributed by atoms with E-state index in [4.69, 9.17) is 16.3 Å². The summed E-state index contributed by atoms with van der Waals surface area (Å²) in [5.41, 5.74) is 3.94. The molecule has 1 heterocycles. The van der Waals surface area contributed by atoms with Crippen LogP contribution < -0.4 is 15.0 Å². The zero-order chi connectivity index (χ0) is 21.0. The van der Waals surface area contributed by atoms with Crippen molar-refractivity contribution < 1.29 is 9.53 Å². The van der Waals surface area contributed by atoms with Crippen molar-refractivity contribution in [3.05, 3.63) is 52.5 Å². The van der Waals surface area contributed by atoms with Crippen LogP contribution in [-0.2, 0) is 4.79 Å². The second-order valence-electron chi connectivity index (χ2n) is 8.37. The number of benzene rings is 2. The van der Waals surface area contributed by atoms with Crippen LogP contribution in [-0.4, -0.2) is 25.6 Å². The van der Waals surface area contributed by atoms with Crippen molar-refractivity contribution in [2.24, 2.45) is 5.92 Å². The van der Waals surface area contributed by atoms with Crippen LogP contribution in [0.1, 0.15) is 50.7 Å². The molecule has 0 spiro atoms. The minimum Gasteiger partial charge on any atom is -0.483 e. The summed E-state index contributed by atoms with van der Waals surface area (Å²) in [6.45, 7) is 10.6. The van der Waals surface area contributed by atoms with Crippen LogP contribution in [0.4, 0.5) is 11.4 Å². The zero-order valence-electron chi connectivity index (χ0n) is 17.8. The van der Waals surface area contributed by atoms with Crippen LogP contribution in [0.5, 0.6) is 5.75 Å². The average molecular weight is 415 g/mol. The molecule has 0 aliphatic carbocycles. The molecule has 1 aliphatic rings. The largest absolute Gasteiger partial charge is 0.483 e. The van der Waals surface area contributed by atoms with Gasteiger partial charge in [0, 0.05) is 18.8 Å². The summed E-state index contributed by atoms with van der Waals surface area (Å²) < 4.78 is 5.82. The highest BCUT2D eigenvalue weighted by Crippen LogP contribution is 2.32. The number of nitrogens with zero attached hydrogens (tertiary/aromatic N) is 1. The van der Waals surface area contributed by atoms with E-state index < -0.39 is 0 Å². The van der Waals surface area contributed by atoms with Crippen molar-refractivity contribution in [3.8, 4) is 5.75 Å². The summed E-state index contributed by atoms with van der Waals surface area (Å²) in [7, 11) is 0. The molecule has 3 rings (SSSR count). The van der Waals surface area contributed by atoms with Gasteiger partial charge in [-0.2, -0.15) is 0 Å². The summed E-state index contributed by atoms with van der Waals surface area (Å²) in [4.78, 5) is 14.7. The Morgan fingerprint density at radius 3 is 2.59 bits per heavy atom. The highest BCUT2D eigenvalue weighted by Gasteiger charge is 2.18. The molecule has 0 saturated carbocycles. The molecule has 5 heteroatoms. The van der Waals surface area contributed by atoms with Crippen molar-refractivity contribution in [3.63, 3.8) is 0 Å². The molecule has 1 fully saturated rings. The van der Waals surface area contributed by atoms with E-state index in [-0.39, 0.29) is 12.5 Å². The number of halogens is 1. The highest BCUT2D eigenvalue weighted by atomic mass is 35.5. The normalized spacial score (nSPS) is 14.9. The number of piperidine rings is 1. The lowest BCUT2D eigenvalue weighted by Gasteiger charge is -2.32. The Bertz CT molecular complexity index is 858. The SMILES string of the molecule is Cc1ccc(C(C)C)c(OCC(=O)Nc2ccc(N3CCC(C)CC3)c(Cl)c2)c1. The molecule has 156 valence electrons. The third kappa shape index (κ3) is 5.66. The monoisotopic (exact) mass is 414 g/mol. The van der Waals surface area contributed by atoms with Gasteiger partial charge < -0.3 is 15.0 Å². The summed E-state index contributed by atoms with van der Waals surface area (Å²) in [6.07, 6.45) is 2.37. The molecule has 0 bridgehead atoms. The van der Waals surface area contributed by atoms with Gasteiger partial charge in [0.2, 0.25) is 0 Å². The maximum atomic E-state index is 12.4. The number of hydrogen-bond acceptors (Lipinski definition) is 3. The number of carbonyl (C=O) groups is 1. The first-order valence-electron chi connectivity index (χ1n) is 10.4. The van der Waals surface area contributed by atoms with Crippen molar-refractivity contribution in [2.45, 2.75) is 46.5 Å². The lowest BCUT2D eigenvalue weighted by Crippen LogP contribution is -2.32. The third-order valence-electron chi connectivity index (χ3n) is 5.51. The van der Waals surface area contributed by atoms with Crippen LogP contribution in [0.2, 0.25) is 5.02 Å². The van der Waals surface area contributed by atoms with E-state index >= 15 is 0 Å². The molecule has 1 N–H and O–H groups in total. The van der Waals surface area contributed by atoms with E-state index in [1.165, 1.54) is 12.8 Å². The fourth-order valence-corrected chi connectivity index (χ4v) is 3.97. The Kier molecular flexibility index (Phi) is 7.07. The molecule has 0 atom stereocenters. The molecule has 1 amide bonds. The first-order chi connectivity index (χ1) is 13.8. The lowest BCUT2D eigenvalue weighted by atomic mass is 9.99. The molecular weight excluding hydrogens is 384 g/mol. The third-order valence-corrected chi connectivity index (χ3v) is 5.81. The van der Waals surface area contributed by atoms with Crippen LogP contribution in [0.3, 0.4) is 0 Å². The Labute approximate surface area is 179 Å². The van der Waals surface area contributed by atoms with Gasteiger partial charge in [-0.05, 0) is 67.0 Å². The Hall–Kier alpha value is -2.20. The zero-order valence-corrected chi connectivity index (χ0v) is 18.6. The number of rotatable bonds is 6. The standard InChI is InChI=1S/C24H31ClN2O2/c1-16(2)20-7-5-18(4)13-23(20)29-15-24(28)26-19-6-8-22(21(25)14-19)27-11-9-17(3)10-12-27/h5-8,13-14,16-17H,9-12,15H2,1-4H3,(H,26,28). The van der Waals surface area contributed by atoms with Crippen molar-refractivity contribution >= 4 is 28.9 Å². The van der Waals surface area contributed by atoms with Crippen molar-refractivity contribution in [2.75, 3.05) is 29.9 Å². The molecule has 0 radical (unpaired) electrons. The van der Waals surface area contributed by atoms with E-state index in [2.05, 4.69) is 43.1 Å². The van der Waals surface area contributed by atoms with Crippen LogP contribution >= 0.6 is 11.6 Å². The molecule has 29 heavy (non-hydrogen) atoms. The van der Waals surface area contributed by atoms with Crippen molar-refractivity contribution in [1.82, 2.24) is 0 Å². The van der Waals surface area contributed by atoms with Crippen LogP contribution in [0, 0.1) is 12.8 Å². The van der Waals surface area contributed by atoms with Crippen LogP contribution in [0.15, 0.2) is 36.4 Å². The van der Waals surface area contributed by atoms with E-state index in [1.54, 1.807) is 0 Å². The topological polar surface area (TPSA) is 41.6 Å². The van der Waals surface area contributed by atoms with E-state index in [1.807, 2.05) is 31.2 Å². The van der Waals surface area contributed by atoms with E-state index in [0.29, 0.717) is 16.6 Å². The van der Waals surface area contributed by atoms with Gasteiger partial charge in [0.25, 0.3) is 5.91 Å². The second kappa shape index (κ2) is 9.53. The predicted octanol–water partition coefficient (Wildman–Crippen LogP) is 6.03. The van der Waals surface area contributed by atoms with Gasteiger partial charge in [0.15, 0.2) is 6.61 Å². The summed E-state index contributed by atoms with van der Waals surface area (Å²) in [5, 5.41) is 3.55. The first-order valence-corrected chi connectivity index (χ1v) is 10.8. The number of ether oxygens (including phenoxy) is 1. The van der Waals surface area contributed by atoms with E-state index in [9.17, 15) is 4.79 Å². The fourth-order valence-electron chi connectivity index (χ4n) is 3.67. The molecule has 1 saturated heterocycles. The molecule has 4 nitrogen and oxygen atoms in total. The summed E-state index contributed by atoms with van der Waals surface area (Å²) in [5.74, 6) is 1.67. The van der Waals surface area contributed by atoms with Gasteiger partial charge in [0.05, 0.1) is 10.7 Å². The Balaban J connectivity index is 1.60. The minimum atomic E-state index is -0.197. The van der Waals surface area contributed by atoms with Gasteiger partial charge >= 0.3 is 0 Å². The Morgan fingerprint density at radius 1 is 1.21 bits per heavy atom. The van der Waals surface area contributed by atoms with Gasteiger partial charge in [-0.15, -0.1) is 0 Å². The Morgan fingerprint density at radius 2 is 1.93 bits per heavy atom.